The largest absolute Gasteiger partial charge is 0.330 e. The van der Waals surface area contributed by atoms with E-state index in [4.69, 9.17) is 10.8 Å². The third kappa shape index (κ3) is 2.16. The summed E-state index contributed by atoms with van der Waals surface area (Å²) in [5.74, 6) is 0. The van der Waals surface area contributed by atoms with E-state index in [-0.39, 0.29) is 0 Å². The molecule has 0 amide bonds. The Morgan fingerprint density at radius 3 is 2.68 bits per heavy atom. The van der Waals surface area contributed by atoms with Gasteiger partial charge in [0.2, 0.25) is 0 Å². The first-order valence-corrected chi connectivity index (χ1v) is 7.42. The summed E-state index contributed by atoms with van der Waals surface area (Å²) < 4.78 is 2.11. The lowest BCUT2D eigenvalue weighted by molar-refractivity contribution is 0.303. The molecule has 0 aliphatic heterocycles. The zero-order valence-electron chi connectivity index (χ0n) is 11.7. The van der Waals surface area contributed by atoms with Crippen LogP contribution in [-0.2, 0) is 13.0 Å². The highest BCUT2D eigenvalue weighted by Crippen LogP contribution is 2.40. The summed E-state index contributed by atoms with van der Waals surface area (Å²) in [5.41, 5.74) is 8.86. The number of aryl methyl sites for hydroxylation is 1. The zero-order chi connectivity index (χ0) is 13.3. The monoisotopic (exact) mass is 257 g/mol. The van der Waals surface area contributed by atoms with E-state index in [2.05, 4.69) is 35.9 Å². The Bertz CT molecular complexity index is 564. The van der Waals surface area contributed by atoms with Gasteiger partial charge in [0.15, 0.2) is 0 Å². The fourth-order valence-corrected chi connectivity index (χ4v) is 3.50. The fraction of sp³-hybridized carbons (Fsp3) is 0.562. The molecule has 2 aromatic rings. The number of fused-ring (bicyclic) bond motifs is 1. The molecule has 1 aliphatic carbocycles. The minimum atomic E-state index is 0.301. The molecule has 19 heavy (non-hydrogen) atoms. The molecule has 0 spiro atoms. The summed E-state index contributed by atoms with van der Waals surface area (Å²) in [7, 11) is 0. The first kappa shape index (κ1) is 12.7. The molecule has 3 nitrogen and oxygen atoms in total. The Morgan fingerprint density at radius 1 is 1.26 bits per heavy atom. The van der Waals surface area contributed by atoms with Crippen LogP contribution in [-0.4, -0.2) is 16.3 Å². The van der Waals surface area contributed by atoms with Crippen LogP contribution in [0, 0.1) is 5.41 Å². The van der Waals surface area contributed by atoms with E-state index in [9.17, 15) is 0 Å². The first-order chi connectivity index (χ1) is 9.28. The Labute approximate surface area is 114 Å². The molecule has 1 aliphatic rings. The Morgan fingerprint density at radius 2 is 2.00 bits per heavy atom. The number of benzene rings is 1. The van der Waals surface area contributed by atoms with Gasteiger partial charge < -0.3 is 5.73 Å². The van der Waals surface area contributed by atoms with Gasteiger partial charge in [-0.3, -0.25) is 4.68 Å². The van der Waals surface area contributed by atoms with Crippen LogP contribution in [0.2, 0.25) is 0 Å². The topological polar surface area (TPSA) is 43.8 Å². The van der Waals surface area contributed by atoms with Crippen LogP contribution in [0.15, 0.2) is 24.3 Å². The van der Waals surface area contributed by atoms with Gasteiger partial charge in [-0.25, -0.2) is 0 Å². The van der Waals surface area contributed by atoms with Crippen LogP contribution in [0.4, 0.5) is 0 Å². The van der Waals surface area contributed by atoms with Gasteiger partial charge in [-0.15, -0.1) is 0 Å². The lowest BCUT2D eigenvalue weighted by Crippen LogP contribution is -2.30. The van der Waals surface area contributed by atoms with Crippen molar-refractivity contribution in [1.82, 2.24) is 9.78 Å². The minimum Gasteiger partial charge on any atom is -0.330 e. The third-order valence-corrected chi connectivity index (χ3v) is 4.67. The lowest BCUT2D eigenvalue weighted by atomic mass is 9.81. The first-order valence-electron chi connectivity index (χ1n) is 7.42. The van der Waals surface area contributed by atoms with Crippen molar-refractivity contribution in [2.24, 2.45) is 11.1 Å². The van der Waals surface area contributed by atoms with Gasteiger partial charge in [0.1, 0.15) is 0 Å². The maximum atomic E-state index is 6.07. The normalized spacial score (nSPS) is 18.2. The van der Waals surface area contributed by atoms with E-state index in [1.54, 1.807) is 0 Å². The van der Waals surface area contributed by atoms with E-state index < -0.39 is 0 Å². The molecule has 1 fully saturated rings. The number of hydrogen-bond acceptors (Lipinski definition) is 2. The second-order valence-corrected chi connectivity index (χ2v) is 5.87. The molecule has 1 aromatic carbocycles. The Balaban J connectivity index is 2.01. The van der Waals surface area contributed by atoms with Crippen molar-refractivity contribution >= 4 is 10.9 Å². The summed E-state index contributed by atoms with van der Waals surface area (Å²) in [6, 6.07) is 8.56. The molecule has 3 rings (SSSR count). The van der Waals surface area contributed by atoms with Crippen molar-refractivity contribution in [2.75, 3.05) is 6.54 Å². The molecular weight excluding hydrogens is 234 g/mol. The van der Waals surface area contributed by atoms with Gasteiger partial charge in [-0.05, 0) is 44.2 Å². The van der Waals surface area contributed by atoms with E-state index in [1.807, 2.05) is 0 Å². The van der Waals surface area contributed by atoms with Crippen LogP contribution in [0.3, 0.4) is 0 Å². The van der Waals surface area contributed by atoms with Crippen molar-refractivity contribution in [3.63, 3.8) is 0 Å². The maximum absolute atomic E-state index is 6.07. The number of hydrogen-bond donors (Lipinski definition) is 1. The highest BCUT2D eigenvalue weighted by atomic mass is 15.3. The molecular formula is C16H23N3. The van der Waals surface area contributed by atoms with Crippen molar-refractivity contribution in [3.05, 3.63) is 30.0 Å². The predicted octanol–water partition coefficient (Wildman–Crippen LogP) is 3.12. The fourth-order valence-electron chi connectivity index (χ4n) is 3.50. The minimum absolute atomic E-state index is 0.301. The number of nitrogens with two attached hydrogens (primary N) is 1. The summed E-state index contributed by atoms with van der Waals surface area (Å²) in [6.07, 6.45) is 6.21. The number of rotatable bonds is 4. The van der Waals surface area contributed by atoms with Crippen molar-refractivity contribution < 1.29 is 0 Å². The molecule has 1 saturated carbocycles. The third-order valence-electron chi connectivity index (χ3n) is 4.67. The zero-order valence-corrected chi connectivity index (χ0v) is 11.7. The molecule has 0 bridgehead atoms. The molecule has 2 N–H and O–H groups in total. The van der Waals surface area contributed by atoms with Crippen LogP contribution in [0.5, 0.6) is 0 Å². The molecule has 3 heteroatoms. The van der Waals surface area contributed by atoms with E-state index in [1.165, 1.54) is 42.3 Å². The molecule has 1 aromatic heterocycles. The number of nitrogens with zero attached hydrogens (tertiary/aromatic N) is 2. The van der Waals surface area contributed by atoms with Crippen LogP contribution < -0.4 is 5.73 Å². The van der Waals surface area contributed by atoms with Crippen LogP contribution in [0.1, 0.15) is 38.3 Å². The molecule has 1 heterocycles. The van der Waals surface area contributed by atoms with Gasteiger partial charge in [-0.2, -0.15) is 5.10 Å². The van der Waals surface area contributed by atoms with Crippen molar-refractivity contribution in [1.29, 1.82) is 0 Å². The van der Waals surface area contributed by atoms with Crippen LogP contribution in [0.25, 0.3) is 10.9 Å². The quantitative estimate of drug-likeness (QED) is 0.914. The number of aromatic nitrogens is 2. The van der Waals surface area contributed by atoms with Gasteiger partial charge in [-0.1, -0.05) is 31.0 Å². The van der Waals surface area contributed by atoms with E-state index in [0.717, 1.165) is 19.5 Å². The summed E-state index contributed by atoms with van der Waals surface area (Å²) in [5, 5.41) is 6.13. The predicted molar refractivity (Wildman–Crippen MR) is 79.1 cm³/mol. The average Bonchev–Trinajstić information content (AvgIpc) is 3.05. The van der Waals surface area contributed by atoms with E-state index >= 15 is 0 Å². The second-order valence-electron chi connectivity index (χ2n) is 5.87. The van der Waals surface area contributed by atoms with Crippen LogP contribution >= 0.6 is 0 Å². The molecule has 0 radical (unpaired) electrons. The summed E-state index contributed by atoms with van der Waals surface area (Å²) in [4.78, 5) is 0. The lowest BCUT2D eigenvalue weighted by Gasteiger charge is -2.26. The number of para-hydroxylation sites is 1. The Kier molecular flexibility index (Phi) is 3.31. The maximum Gasteiger partial charge on any atom is 0.0709 e. The molecule has 102 valence electrons. The van der Waals surface area contributed by atoms with Crippen molar-refractivity contribution in [2.45, 2.75) is 45.6 Å². The van der Waals surface area contributed by atoms with Gasteiger partial charge in [0.05, 0.1) is 11.2 Å². The summed E-state index contributed by atoms with van der Waals surface area (Å²) in [6.45, 7) is 3.87. The standard InChI is InChI=1S/C16H23N3/c1-2-19-15-8-4-3-7-13(15)14(18-19)11-16(12-17)9-5-6-10-16/h3-4,7-8H,2,5-6,9-12,17H2,1H3. The summed E-state index contributed by atoms with van der Waals surface area (Å²) >= 11 is 0. The SMILES string of the molecule is CCn1nc(CC2(CN)CCCC2)c2ccccc21. The molecule has 0 saturated heterocycles. The van der Waals surface area contributed by atoms with Gasteiger partial charge in [0, 0.05) is 11.9 Å². The smallest absolute Gasteiger partial charge is 0.0709 e. The average molecular weight is 257 g/mol. The highest BCUT2D eigenvalue weighted by Gasteiger charge is 2.33. The molecule has 0 atom stereocenters. The Hall–Kier alpha value is -1.35. The molecule has 0 unspecified atom stereocenters. The van der Waals surface area contributed by atoms with E-state index in [0.29, 0.717) is 5.41 Å². The highest BCUT2D eigenvalue weighted by molar-refractivity contribution is 5.82. The second kappa shape index (κ2) is 4.97. The van der Waals surface area contributed by atoms with Gasteiger partial charge >= 0.3 is 0 Å². The van der Waals surface area contributed by atoms with Crippen molar-refractivity contribution in [3.8, 4) is 0 Å². The van der Waals surface area contributed by atoms with Gasteiger partial charge in [0.25, 0.3) is 0 Å².